The SMILES string of the molecule is CCNC(=O)Oc1ccc(Cl)cc1C(=O)Nc1cnc(C#N)cn1. The summed E-state index contributed by atoms with van der Waals surface area (Å²) in [5.41, 5.74) is 0.177. The third kappa shape index (κ3) is 4.41. The summed E-state index contributed by atoms with van der Waals surface area (Å²) in [5, 5.41) is 13.9. The van der Waals surface area contributed by atoms with Crippen molar-refractivity contribution in [1.29, 1.82) is 5.26 Å². The Labute approximate surface area is 142 Å². The number of aromatic nitrogens is 2. The first-order chi connectivity index (χ1) is 11.5. The molecule has 24 heavy (non-hydrogen) atoms. The van der Waals surface area contributed by atoms with E-state index in [0.717, 1.165) is 0 Å². The fourth-order valence-corrected chi connectivity index (χ4v) is 1.86. The number of halogens is 1. The summed E-state index contributed by atoms with van der Waals surface area (Å²) in [5.74, 6) is -0.400. The number of amides is 2. The third-order valence-electron chi connectivity index (χ3n) is 2.72. The molecule has 9 heteroatoms. The molecule has 0 unspecified atom stereocenters. The molecule has 2 amide bonds. The predicted molar refractivity (Wildman–Crippen MR) is 85.9 cm³/mol. The van der Waals surface area contributed by atoms with Crippen LogP contribution in [-0.4, -0.2) is 28.5 Å². The Kier molecular flexibility index (Phi) is 5.65. The third-order valence-corrected chi connectivity index (χ3v) is 2.95. The lowest BCUT2D eigenvalue weighted by Gasteiger charge is -2.11. The zero-order valence-electron chi connectivity index (χ0n) is 12.5. The average molecular weight is 346 g/mol. The van der Waals surface area contributed by atoms with E-state index in [4.69, 9.17) is 21.6 Å². The average Bonchev–Trinajstić information content (AvgIpc) is 2.57. The van der Waals surface area contributed by atoms with Gasteiger partial charge in [-0.15, -0.1) is 0 Å². The van der Waals surface area contributed by atoms with Gasteiger partial charge in [0.25, 0.3) is 5.91 Å². The van der Waals surface area contributed by atoms with E-state index in [9.17, 15) is 9.59 Å². The van der Waals surface area contributed by atoms with Crippen LogP contribution in [0.25, 0.3) is 0 Å². The molecule has 0 spiro atoms. The molecule has 1 aromatic carbocycles. The van der Waals surface area contributed by atoms with Gasteiger partial charge in [0.1, 0.15) is 11.8 Å². The first-order valence-corrected chi connectivity index (χ1v) is 7.20. The zero-order valence-corrected chi connectivity index (χ0v) is 13.3. The van der Waals surface area contributed by atoms with Gasteiger partial charge in [-0.25, -0.2) is 14.8 Å². The van der Waals surface area contributed by atoms with Gasteiger partial charge in [0, 0.05) is 11.6 Å². The van der Waals surface area contributed by atoms with E-state index in [0.29, 0.717) is 11.6 Å². The van der Waals surface area contributed by atoms with Gasteiger partial charge in [-0.1, -0.05) is 11.6 Å². The molecule has 0 saturated carbocycles. The molecule has 0 aliphatic rings. The zero-order chi connectivity index (χ0) is 17.5. The molecule has 0 saturated heterocycles. The Bertz CT molecular complexity index is 802. The molecule has 0 atom stereocenters. The highest BCUT2D eigenvalue weighted by atomic mass is 35.5. The summed E-state index contributed by atoms with van der Waals surface area (Å²) in [7, 11) is 0. The van der Waals surface area contributed by atoms with Crippen molar-refractivity contribution in [2.75, 3.05) is 11.9 Å². The lowest BCUT2D eigenvalue weighted by Crippen LogP contribution is -2.27. The Balaban J connectivity index is 2.22. The number of nitriles is 1. The number of carbonyl (C=O) groups excluding carboxylic acids is 2. The van der Waals surface area contributed by atoms with Crippen LogP contribution in [0.5, 0.6) is 5.75 Å². The number of carbonyl (C=O) groups is 2. The van der Waals surface area contributed by atoms with Crippen LogP contribution in [-0.2, 0) is 0 Å². The number of nitrogens with one attached hydrogen (secondary N) is 2. The second-order valence-corrected chi connectivity index (χ2v) is 4.85. The summed E-state index contributed by atoms with van der Waals surface area (Å²) < 4.78 is 5.09. The van der Waals surface area contributed by atoms with Crippen LogP contribution in [0.2, 0.25) is 5.02 Å². The molecule has 2 aromatic rings. The molecule has 0 aliphatic carbocycles. The molecule has 0 aliphatic heterocycles. The van der Waals surface area contributed by atoms with Crippen molar-refractivity contribution < 1.29 is 14.3 Å². The molecular weight excluding hydrogens is 334 g/mol. The van der Waals surface area contributed by atoms with Crippen molar-refractivity contribution in [3.05, 3.63) is 46.9 Å². The lowest BCUT2D eigenvalue weighted by molar-refractivity contribution is 0.102. The number of nitrogens with zero attached hydrogens (tertiary/aromatic N) is 3. The summed E-state index contributed by atoms with van der Waals surface area (Å²) in [4.78, 5) is 31.6. The number of hydrogen-bond acceptors (Lipinski definition) is 6. The standard InChI is InChI=1S/C15H12ClN5O3/c1-2-18-15(23)24-12-4-3-9(16)5-11(12)14(22)21-13-8-19-10(6-17)7-20-13/h3-5,7-8H,2H2,1H3,(H,18,23)(H,20,21,22). The fraction of sp³-hybridized carbons (Fsp3) is 0.133. The van der Waals surface area contributed by atoms with Gasteiger partial charge in [-0.3, -0.25) is 4.79 Å². The highest BCUT2D eigenvalue weighted by Crippen LogP contribution is 2.24. The monoisotopic (exact) mass is 345 g/mol. The molecule has 1 heterocycles. The maximum Gasteiger partial charge on any atom is 0.412 e. The Hall–Kier alpha value is -3.18. The van der Waals surface area contributed by atoms with Gasteiger partial charge in [-0.05, 0) is 25.1 Å². The molecule has 0 fully saturated rings. The molecule has 0 radical (unpaired) electrons. The Morgan fingerprint density at radius 3 is 2.75 bits per heavy atom. The highest BCUT2D eigenvalue weighted by molar-refractivity contribution is 6.31. The molecule has 8 nitrogen and oxygen atoms in total. The van der Waals surface area contributed by atoms with Gasteiger partial charge in [0.15, 0.2) is 11.5 Å². The molecule has 1 aromatic heterocycles. The largest absolute Gasteiger partial charge is 0.412 e. The first kappa shape index (κ1) is 17.2. The quantitative estimate of drug-likeness (QED) is 0.878. The molecule has 2 N–H and O–H groups in total. The van der Waals surface area contributed by atoms with Crippen molar-refractivity contribution in [2.24, 2.45) is 0 Å². The Morgan fingerprint density at radius 2 is 2.12 bits per heavy atom. The fourth-order valence-electron chi connectivity index (χ4n) is 1.68. The van der Waals surface area contributed by atoms with E-state index in [1.165, 1.54) is 30.6 Å². The molecule has 0 bridgehead atoms. The van der Waals surface area contributed by atoms with E-state index in [1.807, 2.05) is 6.07 Å². The summed E-state index contributed by atoms with van der Waals surface area (Å²) in [6.45, 7) is 2.12. The molecule has 122 valence electrons. The smallest absolute Gasteiger partial charge is 0.409 e. The lowest BCUT2D eigenvalue weighted by atomic mass is 10.2. The van der Waals surface area contributed by atoms with Crippen LogP contribution >= 0.6 is 11.6 Å². The van der Waals surface area contributed by atoms with Gasteiger partial charge < -0.3 is 15.4 Å². The number of ether oxygens (including phenoxy) is 1. The van der Waals surface area contributed by atoms with Crippen LogP contribution in [0.15, 0.2) is 30.6 Å². The molecule has 2 rings (SSSR count). The summed E-state index contributed by atoms with van der Waals surface area (Å²) in [6, 6.07) is 6.09. The van der Waals surface area contributed by atoms with Crippen LogP contribution in [0, 0.1) is 11.3 Å². The van der Waals surface area contributed by atoms with Gasteiger partial charge in [0.05, 0.1) is 18.0 Å². The minimum absolute atomic E-state index is 0.0458. The van der Waals surface area contributed by atoms with Crippen LogP contribution in [0.3, 0.4) is 0 Å². The maximum atomic E-state index is 12.4. The van der Waals surface area contributed by atoms with Gasteiger partial charge >= 0.3 is 6.09 Å². The summed E-state index contributed by atoms with van der Waals surface area (Å²) >= 11 is 5.90. The van der Waals surface area contributed by atoms with E-state index < -0.39 is 12.0 Å². The predicted octanol–water partition coefficient (Wildman–Crippen LogP) is 2.36. The molecular formula is C15H12ClN5O3. The summed E-state index contributed by atoms with van der Waals surface area (Å²) in [6.07, 6.45) is 1.78. The number of benzene rings is 1. The van der Waals surface area contributed by atoms with Crippen LogP contribution in [0.1, 0.15) is 23.0 Å². The normalized spacial score (nSPS) is 9.71. The van der Waals surface area contributed by atoms with Crippen molar-refractivity contribution in [2.45, 2.75) is 6.92 Å². The van der Waals surface area contributed by atoms with Crippen molar-refractivity contribution in [3.8, 4) is 11.8 Å². The van der Waals surface area contributed by atoms with E-state index in [2.05, 4.69) is 20.6 Å². The van der Waals surface area contributed by atoms with Crippen molar-refractivity contribution in [3.63, 3.8) is 0 Å². The number of hydrogen-bond donors (Lipinski definition) is 2. The van der Waals surface area contributed by atoms with E-state index in [1.54, 1.807) is 6.92 Å². The minimum Gasteiger partial charge on any atom is -0.409 e. The highest BCUT2D eigenvalue weighted by Gasteiger charge is 2.17. The van der Waals surface area contributed by atoms with Crippen molar-refractivity contribution >= 4 is 29.4 Å². The van der Waals surface area contributed by atoms with E-state index in [-0.39, 0.29) is 22.8 Å². The second-order valence-electron chi connectivity index (χ2n) is 4.41. The van der Waals surface area contributed by atoms with Crippen LogP contribution < -0.4 is 15.4 Å². The number of anilines is 1. The maximum absolute atomic E-state index is 12.4. The van der Waals surface area contributed by atoms with Gasteiger partial charge in [-0.2, -0.15) is 5.26 Å². The second kappa shape index (κ2) is 7.89. The van der Waals surface area contributed by atoms with Crippen LogP contribution in [0.4, 0.5) is 10.6 Å². The van der Waals surface area contributed by atoms with Gasteiger partial charge in [0.2, 0.25) is 0 Å². The Morgan fingerprint density at radius 1 is 1.33 bits per heavy atom. The minimum atomic E-state index is -0.688. The first-order valence-electron chi connectivity index (χ1n) is 6.82. The van der Waals surface area contributed by atoms with Crippen molar-refractivity contribution in [1.82, 2.24) is 15.3 Å². The number of rotatable bonds is 4. The van der Waals surface area contributed by atoms with E-state index >= 15 is 0 Å². The topological polar surface area (TPSA) is 117 Å².